The van der Waals surface area contributed by atoms with Gasteiger partial charge in [-0.15, -0.1) is 24.5 Å². The maximum absolute atomic E-state index is 13.1. The van der Waals surface area contributed by atoms with Crippen LogP contribution in [-0.2, 0) is 6.18 Å². The zero-order chi connectivity index (χ0) is 24.0. The van der Waals surface area contributed by atoms with E-state index < -0.39 is 29.8 Å². The van der Waals surface area contributed by atoms with Crippen molar-refractivity contribution in [1.29, 1.82) is 0 Å². The van der Waals surface area contributed by atoms with E-state index in [-0.39, 0.29) is 16.3 Å². The van der Waals surface area contributed by atoms with Gasteiger partial charge in [0.1, 0.15) is 10.6 Å². The van der Waals surface area contributed by atoms with Crippen LogP contribution in [0.15, 0.2) is 54.6 Å². The summed E-state index contributed by atoms with van der Waals surface area (Å²) in [4.78, 5) is 13.4. The zero-order valence-electron chi connectivity index (χ0n) is 16.6. The number of hydrogen-bond donors (Lipinski definition) is 1. The number of aromatic nitrogens is 2. The monoisotopic (exact) mass is 485 g/mol. The number of nitrogens with one attached hydrogen (secondary N) is 1. The third-order valence-electron chi connectivity index (χ3n) is 4.53. The first kappa shape index (κ1) is 22.6. The van der Waals surface area contributed by atoms with Crippen molar-refractivity contribution in [3.05, 3.63) is 70.7 Å². The van der Waals surface area contributed by atoms with Gasteiger partial charge in [0.15, 0.2) is 0 Å². The van der Waals surface area contributed by atoms with Crippen molar-refractivity contribution in [2.24, 2.45) is 0 Å². The lowest BCUT2D eigenvalue weighted by atomic mass is 10.2. The molecule has 0 aliphatic rings. The maximum Gasteiger partial charge on any atom is 0.573 e. The molecule has 2 heterocycles. The number of amides is 1. The van der Waals surface area contributed by atoms with Crippen LogP contribution >= 0.6 is 11.3 Å². The second-order valence-corrected chi connectivity index (χ2v) is 7.93. The summed E-state index contributed by atoms with van der Waals surface area (Å²) in [5, 5.41) is 7.45. The highest BCUT2D eigenvalue weighted by molar-refractivity contribution is 7.20. The lowest BCUT2D eigenvalue weighted by molar-refractivity contribution is -0.274. The SMILES string of the molecule is Cc1nn(-c2cccc(C(F)(F)F)c2)c2sc(C(=O)Nc3ccc(OC(F)(F)F)cc3)cc12. The average Bonchev–Trinajstić information content (AvgIpc) is 3.29. The third-order valence-corrected chi connectivity index (χ3v) is 5.64. The summed E-state index contributed by atoms with van der Waals surface area (Å²) in [6.45, 7) is 1.67. The first-order chi connectivity index (χ1) is 15.4. The minimum Gasteiger partial charge on any atom is -0.406 e. The van der Waals surface area contributed by atoms with Crippen LogP contribution in [0.1, 0.15) is 20.9 Å². The van der Waals surface area contributed by atoms with Crippen molar-refractivity contribution < 1.29 is 35.9 Å². The molecule has 0 unspecified atom stereocenters. The smallest absolute Gasteiger partial charge is 0.406 e. The molecule has 33 heavy (non-hydrogen) atoms. The first-order valence-electron chi connectivity index (χ1n) is 9.25. The van der Waals surface area contributed by atoms with E-state index in [9.17, 15) is 31.1 Å². The number of benzene rings is 2. The Morgan fingerprint density at radius 3 is 2.36 bits per heavy atom. The largest absolute Gasteiger partial charge is 0.573 e. The van der Waals surface area contributed by atoms with Gasteiger partial charge in [0.2, 0.25) is 0 Å². The van der Waals surface area contributed by atoms with Crippen LogP contribution in [0.4, 0.5) is 32.0 Å². The Balaban J connectivity index is 1.60. The van der Waals surface area contributed by atoms with Crippen LogP contribution in [0.25, 0.3) is 15.9 Å². The Labute approximate surface area is 186 Å². The molecule has 0 atom stereocenters. The van der Waals surface area contributed by atoms with Crippen molar-refractivity contribution in [3.8, 4) is 11.4 Å². The van der Waals surface area contributed by atoms with Gasteiger partial charge in [-0.05, 0) is 55.5 Å². The highest BCUT2D eigenvalue weighted by atomic mass is 32.1. The van der Waals surface area contributed by atoms with Gasteiger partial charge in [0.05, 0.1) is 21.8 Å². The van der Waals surface area contributed by atoms with Crippen molar-refractivity contribution in [1.82, 2.24) is 9.78 Å². The molecule has 0 radical (unpaired) electrons. The van der Waals surface area contributed by atoms with E-state index in [1.165, 1.54) is 28.9 Å². The predicted octanol–water partition coefficient (Wildman–Crippen LogP) is 6.57. The van der Waals surface area contributed by atoms with E-state index in [2.05, 4.69) is 15.2 Å². The molecular weight excluding hydrogens is 472 g/mol. The molecule has 172 valence electrons. The molecule has 0 aliphatic heterocycles. The summed E-state index contributed by atoms with van der Waals surface area (Å²) >= 11 is 1.03. The Bertz CT molecular complexity index is 1320. The van der Waals surface area contributed by atoms with Crippen LogP contribution < -0.4 is 10.1 Å². The van der Waals surface area contributed by atoms with Gasteiger partial charge in [0.25, 0.3) is 5.91 Å². The summed E-state index contributed by atoms with van der Waals surface area (Å²) in [6, 6.07) is 10.9. The van der Waals surface area contributed by atoms with Crippen molar-refractivity contribution in [2.45, 2.75) is 19.5 Å². The van der Waals surface area contributed by atoms with Gasteiger partial charge in [0, 0.05) is 11.1 Å². The van der Waals surface area contributed by atoms with E-state index >= 15 is 0 Å². The number of alkyl halides is 6. The van der Waals surface area contributed by atoms with E-state index in [0.29, 0.717) is 15.9 Å². The number of nitrogens with zero attached hydrogens (tertiary/aromatic N) is 2. The fourth-order valence-electron chi connectivity index (χ4n) is 3.08. The number of thiophene rings is 1. The Kier molecular flexibility index (Phi) is 5.56. The van der Waals surface area contributed by atoms with Gasteiger partial charge < -0.3 is 10.1 Å². The lowest BCUT2D eigenvalue weighted by Crippen LogP contribution is -2.17. The van der Waals surface area contributed by atoms with Gasteiger partial charge in [-0.3, -0.25) is 4.79 Å². The molecule has 12 heteroatoms. The fraction of sp³-hybridized carbons (Fsp3) is 0.143. The predicted molar refractivity (Wildman–Crippen MR) is 110 cm³/mol. The Morgan fingerprint density at radius 1 is 1.03 bits per heavy atom. The van der Waals surface area contributed by atoms with Gasteiger partial charge in [-0.25, -0.2) is 4.68 Å². The Morgan fingerprint density at radius 2 is 1.73 bits per heavy atom. The number of carbonyl (C=O) groups excluding carboxylic acids is 1. The number of aryl methyl sites for hydroxylation is 1. The number of rotatable bonds is 4. The highest BCUT2D eigenvalue weighted by Gasteiger charge is 2.31. The standard InChI is InChI=1S/C21H13F6N3O2S/c1-11-16-10-17(18(31)28-13-5-7-15(8-6-13)32-21(25,26)27)33-19(16)30(29-11)14-4-2-3-12(9-14)20(22,23)24/h2-10H,1H3,(H,28,31). The molecule has 2 aromatic carbocycles. The minimum absolute atomic E-state index is 0.192. The molecule has 4 rings (SSSR count). The van der Waals surface area contributed by atoms with Crippen LogP contribution in [0.5, 0.6) is 5.75 Å². The van der Waals surface area contributed by atoms with Crippen LogP contribution in [-0.4, -0.2) is 22.1 Å². The van der Waals surface area contributed by atoms with Crippen LogP contribution in [0, 0.1) is 6.92 Å². The summed E-state index contributed by atoms with van der Waals surface area (Å²) in [5.74, 6) is -0.963. The molecule has 2 aromatic heterocycles. The van der Waals surface area contributed by atoms with E-state index in [1.807, 2.05) is 0 Å². The topological polar surface area (TPSA) is 56.2 Å². The number of ether oxygens (including phenoxy) is 1. The van der Waals surface area contributed by atoms with Crippen molar-refractivity contribution >= 4 is 33.1 Å². The molecule has 0 saturated heterocycles. The maximum atomic E-state index is 13.1. The summed E-state index contributed by atoms with van der Waals surface area (Å²) in [5.41, 5.74) is 0.125. The molecule has 5 nitrogen and oxygen atoms in total. The average molecular weight is 485 g/mol. The number of hydrogen-bond acceptors (Lipinski definition) is 4. The Hall–Kier alpha value is -3.54. The van der Waals surface area contributed by atoms with E-state index in [1.54, 1.807) is 13.0 Å². The van der Waals surface area contributed by atoms with Gasteiger partial charge in [-0.2, -0.15) is 18.3 Å². The molecule has 1 N–H and O–H groups in total. The molecule has 0 bridgehead atoms. The van der Waals surface area contributed by atoms with Crippen LogP contribution in [0.3, 0.4) is 0 Å². The number of fused-ring (bicyclic) bond motifs is 1. The van der Waals surface area contributed by atoms with E-state index in [0.717, 1.165) is 35.6 Å². The summed E-state index contributed by atoms with van der Waals surface area (Å²) in [6.07, 6.45) is -9.34. The quantitative estimate of drug-likeness (QED) is 0.333. The molecular formula is C21H13F6N3O2S. The molecule has 0 spiro atoms. The summed E-state index contributed by atoms with van der Waals surface area (Å²) in [7, 11) is 0. The molecule has 4 aromatic rings. The number of halogens is 6. The first-order valence-corrected chi connectivity index (χ1v) is 10.1. The third kappa shape index (κ3) is 4.95. The van der Waals surface area contributed by atoms with Gasteiger partial charge >= 0.3 is 12.5 Å². The molecule has 0 saturated carbocycles. The summed E-state index contributed by atoms with van der Waals surface area (Å²) < 4.78 is 81.1. The van der Waals surface area contributed by atoms with E-state index in [4.69, 9.17) is 0 Å². The second-order valence-electron chi connectivity index (χ2n) is 6.90. The normalized spacial score (nSPS) is 12.2. The van der Waals surface area contributed by atoms with Gasteiger partial charge in [-0.1, -0.05) is 6.07 Å². The number of carbonyl (C=O) groups is 1. The van der Waals surface area contributed by atoms with Crippen LogP contribution in [0.2, 0.25) is 0 Å². The van der Waals surface area contributed by atoms with Crippen molar-refractivity contribution in [2.75, 3.05) is 5.32 Å². The zero-order valence-corrected chi connectivity index (χ0v) is 17.4. The molecule has 0 fully saturated rings. The molecule has 1 amide bonds. The van der Waals surface area contributed by atoms with Crippen molar-refractivity contribution in [3.63, 3.8) is 0 Å². The lowest BCUT2D eigenvalue weighted by Gasteiger charge is -2.09. The minimum atomic E-state index is -4.83. The highest BCUT2D eigenvalue weighted by Crippen LogP contribution is 2.34. The molecule has 0 aliphatic carbocycles. The second kappa shape index (κ2) is 8.10. The fourth-order valence-corrected chi connectivity index (χ4v) is 4.16. The number of anilines is 1.